The van der Waals surface area contributed by atoms with Crippen LogP contribution in [0.2, 0.25) is 0 Å². The molecule has 1 amide bonds. The number of carbonyl (C=O) groups excluding carboxylic acids is 1. The van der Waals surface area contributed by atoms with Crippen LogP contribution in [0.15, 0.2) is 0 Å². The normalized spacial score (nSPS) is 12.0. The Hall–Kier alpha value is -1.41. The molecule has 0 heterocycles. The van der Waals surface area contributed by atoms with Gasteiger partial charge in [-0.2, -0.15) is 0 Å². The predicted molar refractivity (Wildman–Crippen MR) is 136 cm³/mol. The molecule has 8 heteroatoms. The Bertz CT molecular complexity index is 457. The summed E-state index contributed by atoms with van der Waals surface area (Å²) in [5, 5.41) is 27.1. The number of hydrogen-bond donors (Lipinski definition) is 2. The molecule has 0 aliphatic heterocycles. The van der Waals surface area contributed by atoms with Crippen molar-refractivity contribution in [2.24, 2.45) is 0 Å². The number of nitrogens with zero attached hydrogens (tertiary/aromatic N) is 2. The molecular formula is C25H53N3O5. The first-order valence-corrected chi connectivity index (χ1v) is 13.3. The molecular weight excluding hydrogens is 422 g/mol. The van der Waals surface area contributed by atoms with Gasteiger partial charge in [0.1, 0.15) is 0 Å². The summed E-state index contributed by atoms with van der Waals surface area (Å²) < 4.78 is 0.713. The van der Waals surface area contributed by atoms with Gasteiger partial charge in [0.15, 0.2) is 6.17 Å². The standard InChI is InChI=1S/C25H52N2O2.NO3/c1-5-7-8-9-10-11-12-13-14-15-16-17-18-19-20-21-25(29)26-24(22-23-28)27(3,4)6-2;2-1(3)4/h24,28H,5-23H2,1-4H3;/q;-1/p+1. The predicted octanol–water partition coefficient (Wildman–Crippen LogP) is 5.93. The van der Waals surface area contributed by atoms with Crippen molar-refractivity contribution >= 4 is 5.91 Å². The van der Waals surface area contributed by atoms with Crippen LogP contribution < -0.4 is 5.32 Å². The van der Waals surface area contributed by atoms with Crippen molar-refractivity contribution in [3.05, 3.63) is 15.3 Å². The Morgan fingerprint density at radius 3 is 1.52 bits per heavy atom. The first-order valence-electron chi connectivity index (χ1n) is 13.3. The third-order valence-electron chi connectivity index (χ3n) is 6.40. The molecule has 0 bridgehead atoms. The molecule has 0 saturated carbocycles. The summed E-state index contributed by atoms with van der Waals surface area (Å²) in [4.78, 5) is 20.5. The fourth-order valence-electron chi connectivity index (χ4n) is 3.85. The summed E-state index contributed by atoms with van der Waals surface area (Å²) >= 11 is 0. The number of nitrogens with one attached hydrogen (secondary N) is 1. The highest BCUT2D eigenvalue weighted by Crippen LogP contribution is 2.14. The van der Waals surface area contributed by atoms with Crippen molar-refractivity contribution in [1.82, 2.24) is 5.32 Å². The number of hydrogen-bond acceptors (Lipinski definition) is 5. The highest BCUT2D eigenvalue weighted by Gasteiger charge is 2.27. The zero-order chi connectivity index (χ0) is 25.4. The maximum atomic E-state index is 12.2. The second-order valence-corrected chi connectivity index (χ2v) is 9.61. The maximum Gasteiger partial charge on any atom is 0.224 e. The van der Waals surface area contributed by atoms with E-state index in [0.29, 0.717) is 17.3 Å². The van der Waals surface area contributed by atoms with Crippen LogP contribution >= 0.6 is 0 Å². The first kappa shape index (κ1) is 33.8. The average Bonchev–Trinajstić information content (AvgIpc) is 2.75. The van der Waals surface area contributed by atoms with Gasteiger partial charge in [0.2, 0.25) is 5.91 Å². The molecule has 33 heavy (non-hydrogen) atoms. The van der Waals surface area contributed by atoms with E-state index in [1.807, 2.05) is 0 Å². The lowest BCUT2D eigenvalue weighted by atomic mass is 10.0. The molecule has 2 N–H and O–H groups in total. The molecule has 0 aromatic carbocycles. The van der Waals surface area contributed by atoms with Crippen molar-refractivity contribution in [2.75, 3.05) is 27.2 Å². The smallest absolute Gasteiger partial charge is 0.224 e. The molecule has 8 nitrogen and oxygen atoms in total. The second kappa shape index (κ2) is 23.7. The molecule has 0 aromatic rings. The minimum absolute atomic E-state index is 0.00819. The van der Waals surface area contributed by atoms with Gasteiger partial charge in [-0.3, -0.25) is 4.79 Å². The average molecular weight is 476 g/mol. The fourth-order valence-corrected chi connectivity index (χ4v) is 3.85. The van der Waals surface area contributed by atoms with E-state index in [1.54, 1.807) is 0 Å². The number of rotatable bonds is 21. The van der Waals surface area contributed by atoms with Crippen LogP contribution in [0, 0.1) is 15.3 Å². The number of aliphatic hydroxyl groups is 1. The minimum atomic E-state index is -1.75. The van der Waals surface area contributed by atoms with Gasteiger partial charge in [0.25, 0.3) is 0 Å². The van der Waals surface area contributed by atoms with Gasteiger partial charge < -0.3 is 30.2 Å². The Labute approximate surface area is 202 Å². The van der Waals surface area contributed by atoms with E-state index < -0.39 is 5.09 Å². The molecule has 0 saturated heterocycles. The zero-order valence-corrected chi connectivity index (χ0v) is 22.0. The monoisotopic (exact) mass is 475 g/mol. The van der Waals surface area contributed by atoms with Gasteiger partial charge in [0, 0.05) is 12.8 Å². The molecule has 0 aliphatic rings. The number of unbranched alkanes of at least 4 members (excludes halogenated alkanes) is 14. The lowest BCUT2D eigenvalue weighted by Gasteiger charge is -2.37. The quantitative estimate of drug-likeness (QED) is 0.0701. The number of quaternary nitrogens is 1. The van der Waals surface area contributed by atoms with Crippen LogP contribution in [0.1, 0.15) is 123 Å². The summed E-state index contributed by atoms with van der Waals surface area (Å²) in [7, 11) is 4.21. The van der Waals surface area contributed by atoms with E-state index >= 15 is 0 Å². The summed E-state index contributed by atoms with van der Waals surface area (Å²) in [6.45, 7) is 5.45. The third kappa shape index (κ3) is 25.1. The van der Waals surface area contributed by atoms with Gasteiger partial charge in [-0.15, -0.1) is 0 Å². The zero-order valence-electron chi connectivity index (χ0n) is 22.0. The Kier molecular flexibility index (Phi) is 24.3. The second-order valence-electron chi connectivity index (χ2n) is 9.61. The maximum absolute atomic E-state index is 12.2. The van der Waals surface area contributed by atoms with E-state index in [2.05, 4.69) is 33.3 Å². The molecule has 0 spiro atoms. The largest absolute Gasteiger partial charge is 0.396 e. The van der Waals surface area contributed by atoms with Crippen molar-refractivity contribution < 1.29 is 19.5 Å². The summed E-state index contributed by atoms with van der Waals surface area (Å²) in [5.41, 5.74) is 0. The Morgan fingerprint density at radius 1 is 0.818 bits per heavy atom. The molecule has 0 radical (unpaired) electrons. The fraction of sp³-hybridized carbons (Fsp3) is 0.960. The van der Waals surface area contributed by atoms with Crippen LogP contribution in [0.25, 0.3) is 0 Å². The molecule has 1 atom stereocenters. The highest BCUT2D eigenvalue weighted by atomic mass is 16.9. The van der Waals surface area contributed by atoms with Crippen LogP contribution in [-0.4, -0.2) is 54.0 Å². The van der Waals surface area contributed by atoms with E-state index in [1.165, 1.54) is 83.5 Å². The SMILES string of the molecule is CCCCCCCCCCCCCCCCCC(=O)NC(CCO)[N+](C)(C)CC.O=[N+]([O-])[O-]. The number of carbonyl (C=O) groups is 1. The van der Waals surface area contributed by atoms with E-state index in [4.69, 9.17) is 15.3 Å². The Morgan fingerprint density at radius 2 is 1.18 bits per heavy atom. The number of amides is 1. The summed E-state index contributed by atoms with van der Waals surface area (Å²) in [6.07, 6.45) is 21.4. The van der Waals surface area contributed by atoms with Crippen molar-refractivity contribution in [1.29, 1.82) is 0 Å². The van der Waals surface area contributed by atoms with E-state index in [9.17, 15) is 9.90 Å². The molecule has 0 rings (SSSR count). The van der Waals surface area contributed by atoms with Crippen molar-refractivity contribution in [2.45, 2.75) is 129 Å². The van der Waals surface area contributed by atoms with Gasteiger partial charge in [-0.25, -0.2) is 0 Å². The summed E-state index contributed by atoms with van der Waals surface area (Å²) in [6, 6.07) is 0. The molecule has 0 aliphatic carbocycles. The van der Waals surface area contributed by atoms with E-state index in [0.717, 1.165) is 19.4 Å². The van der Waals surface area contributed by atoms with Crippen LogP contribution in [0.3, 0.4) is 0 Å². The lowest BCUT2D eigenvalue weighted by Crippen LogP contribution is -2.57. The van der Waals surface area contributed by atoms with Gasteiger partial charge >= 0.3 is 0 Å². The van der Waals surface area contributed by atoms with Crippen LogP contribution in [0.4, 0.5) is 0 Å². The molecule has 198 valence electrons. The van der Waals surface area contributed by atoms with Crippen LogP contribution in [-0.2, 0) is 4.79 Å². The third-order valence-corrected chi connectivity index (χ3v) is 6.40. The van der Waals surface area contributed by atoms with Crippen molar-refractivity contribution in [3.8, 4) is 0 Å². The number of aliphatic hydroxyl groups excluding tert-OH is 1. The molecule has 1 unspecified atom stereocenters. The summed E-state index contributed by atoms with van der Waals surface area (Å²) in [5.74, 6) is 0.137. The lowest BCUT2D eigenvalue weighted by molar-refractivity contribution is -0.916. The highest BCUT2D eigenvalue weighted by molar-refractivity contribution is 5.75. The van der Waals surface area contributed by atoms with Gasteiger partial charge in [-0.1, -0.05) is 96.8 Å². The molecule has 0 aromatic heterocycles. The van der Waals surface area contributed by atoms with Gasteiger partial charge in [-0.05, 0) is 13.3 Å². The molecule has 0 fully saturated rings. The van der Waals surface area contributed by atoms with Crippen molar-refractivity contribution in [3.63, 3.8) is 0 Å². The first-order chi connectivity index (χ1) is 15.7. The Balaban J connectivity index is 0. The van der Waals surface area contributed by atoms with E-state index in [-0.39, 0.29) is 18.7 Å². The van der Waals surface area contributed by atoms with Crippen LogP contribution in [0.5, 0.6) is 0 Å². The minimum Gasteiger partial charge on any atom is -0.396 e. The topological polar surface area (TPSA) is 116 Å². The van der Waals surface area contributed by atoms with Gasteiger partial charge in [0.05, 0.1) is 32.3 Å².